The molecule has 0 radical (unpaired) electrons. The number of nitrogens with zero attached hydrogens (tertiary/aromatic N) is 2. The summed E-state index contributed by atoms with van der Waals surface area (Å²) >= 11 is 0. The quantitative estimate of drug-likeness (QED) is 0.377. The molecule has 35 heavy (non-hydrogen) atoms. The van der Waals surface area contributed by atoms with Crippen molar-refractivity contribution in [3.8, 4) is 5.75 Å². The highest BCUT2D eigenvalue weighted by Gasteiger charge is 2.50. The Morgan fingerprint density at radius 2 is 1.71 bits per heavy atom. The number of benzene rings is 2. The maximum absolute atomic E-state index is 13.1. The molecule has 7 heteroatoms. The van der Waals surface area contributed by atoms with Crippen LogP contribution in [0, 0.1) is 37.5 Å². The standard InChI is InChI=1S/C28H30N2O5/c1-16-10-11-22-23(12-16)27(33)30(26(22)32)20-7-5-8-21(14-20)35-28(34)19-13-25(31)29(15-19)24-9-4-6-17(2)18(24)3/h4-9,14,16,19,22-23H,10-13,15H2,1-3H3/t16-,19+,22+,23-/m0/s1. The van der Waals surface area contributed by atoms with Gasteiger partial charge in [-0.05, 0) is 68.4 Å². The van der Waals surface area contributed by atoms with Crippen LogP contribution in [-0.2, 0) is 19.2 Å². The maximum atomic E-state index is 13.1. The molecule has 0 unspecified atom stereocenters. The fourth-order valence-corrected chi connectivity index (χ4v) is 5.66. The number of esters is 1. The molecule has 0 spiro atoms. The minimum atomic E-state index is -0.592. The fourth-order valence-electron chi connectivity index (χ4n) is 5.66. The van der Waals surface area contributed by atoms with E-state index in [1.54, 1.807) is 29.2 Å². The fraction of sp³-hybridized carbons (Fsp3) is 0.429. The second-order valence-corrected chi connectivity index (χ2v) is 10.2. The second kappa shape index (κ2) is 8.95. The topological polar surface area (TPSA) is 84.0 Å². The van der Waals surface area contributed by atoms with Crippen molar-refractivity contribution in [3.63, 3.8) is 0 Å². The Morgan fingerprint density at radius 3 is 2.51 bits per heavy atom. The number of hydrogen-bond acceptors (Lipinski definition) is 5. The molecule has 0 N–H and O–H groups in total. The van der Waals surface area contributed by atoms with Gasteiger partial charge in [-0.15, -0.1) is 0 Å². The van der Waals surface area contributed by atoms with Crippen LogP contribution in [0.1, 0.15) is 43.7 Å². The van der Waals surface area contributed by atoms with E-state index in [0.717, 1.165) is 36.1 Å². The Kier molecular flexibility index (Phi) is 5.95. The van der Waals surface area contributed by atoms with Gasteiger partial charge in [-0.1, -0.05) is 25.1 Å². The van der Waals surface area contributed by atoms with Crippen molar-refractivity contribution in [1.29, 1.82) is 0 Å². The second-order valence-electron chi connectivity index (χ2n) is 10.2. The van der Waals surface area contributed by atoms with Crippen molar-refractivity contribution in [2.45, 2.75) is 46.5 Å². The number of carbonyl (C=O) groups excluding carboxylic acids is 4. The zero-order chi connectivity index (χ0) is 24.9. The van der Waals surface area contributed by atoms with Gasteiger partial charge in [-0.25, -0.2) is 4.90 Å². The van der Waals surface area contributed by atoms with E-state index in [0.29, 0.717) is 11.6 Å². The summed E-state index contributed by atoms with van der Waals surface area (Å²) in [7, 11) is 0. The summed E-state index contributed by atoms with van der Waals surface area (Å²) in [6.07, 6.45) is 2.49. The van der Waals surface area contributed by atoms with Crippen molar-refractivity contribution in [1.82, 2.24) is 0 Å². The van der Waals surface area contributed by atoms with Crippen molar-refractivity contribution in [2.75, 3.05) is 16.3 Å². The van der Waals surface area contributed by atoms with Crippen LogP contribution in [0.5, 0.6) is 5.75 Å². The minimum absolute atomic E-state index is 0.0799. The number of imide groups is 1. The van der Waals surface area contributed by atoms with E-state index in [-0.39, 0.29) is 48.3 Å². The molecule has 1 aliphatic carbocycles. The van der Waals surface area contributed by atoms with E-state index < -0.39 is 11.9 Å². The maximum Gasteiger partial charge on any atom is 0.316 e. The zero-order valence-electron chi connectivity index (χ0n) is 20.3. The molecule has 3 aliphatic rings. The number of amides is 3. The predicted octanol–water partition coefficient (Wildman–Crippen LogP) is 4.19. The molecule has 0 bridgehead atoms. The molecule has 1 saturated carbocycles. The van der Waals surface area contributed by atoms with Gasteiger partial charge in [0.15, 0.2) is 0 Å². The number of carbonyl (C=O) groups is 4. The molecule has 3 fully saturated rings. The average molecular weight is 475 g/mol. The van der Waals surface area contributed by atoms with Gasteiger partial charge in [-0.2, -0.15) is 0 Å². The molecule has 182 valence electrons. The molecule has 2 saturated heterocycles. The Bertz CT molecular complexity index is 1220. The summed E-state index contributed by atoms with van der Waals surface area (Å²) in [5.41, 5.74) is 3.33. The normalized spacial score (nSPS) is 26.3. The first-order valence-corrected chi connectivity index (χ1v) is 12.3. The molecule has 4 atom stereocenters. The molecule has 2 heterocycles. The lowest BCUT2D eigenvalue weighted by atomic mass is 9.76. The summed E-state index contributed by atoms with van der Waals surface area (Å²) < 4.78 is 5.62. The highest BCUT2D eigenvalue weighted by molar-refractivity contribution is 6.22. The predicted molar refractivity (Wildman–Crippen MR) is 131 cm³/mol. The lowest BCUT2D eigenvalue weighted by Gasteiger charge is -2.25. The lowest BCUT2D eigenvalue weighted by molar-refractivity contribution is -0.139. The molecule has 0 aromatic heterocycles. The number of aryl methyl sites for hydroxylation is 1. The van der Waals surface area contributed by atoms with Gasteiger partial charge in [0.2, 0.25) is 17.7 Å². The summed E-state index contributed by atoms with van der Waals surface area (Å²) in [5.74, 6) is -1.37. The van der Waals surface area contributed by atoms with Gasteiger partial charge < -0.3 is 9.64 Å². The van der Waals surface area contributed by atoms with Gasteiger partial charge in [0.25, 0.3) is 0 Å². The number of fused-ring (bicyclic) bond motifs is 1. The van der Waals surface area contributed by atoms with E-state index in [4.69, 9.17) is 4.74 Å². The number of rotatable bonds is 4. The third-order valence-electron chi connectivity index (χ3n) is 7.81. The first-order chi connectivity index (χ1) is 16.7. The molecule has 2 aliphatic heterocycles. The van der Waals surface area contributed by atoms with Crippen molar-refractivity contribution >= 4 is 35.1 Å². The highest BCUT2D eigenvalue weighted by Crippen LogP contribution is 2.42. The molecule has 7 nitrogen and oxygen atoms in total. The van der Waals surface area contributed by atoms with Crippen LogP contribution < -0.4 is 14.5 Å². The summed E-state index contributed by atoms with van der Waals surface area (Å²) in [6, 6.07) is 12.3. The van der Waals surface area contributed by atoms with Gasteiger partial charge in [0.1, 0.15) is 5.75 Å². The Morgan fingerprint density at radius 1 is 0.971 bits per heavy atom. The Hall–Kier alpha value is -3.48. The van der Waals surface area contributed by atoms with Crippen LogP contribution in [0.2, 0.25) is 0 Å². The van der Waals surface area contributed by atoms with Crippen LogP contribution in [-0.4, -0.2) is 30.2 Å². The third kappa shape index (κ3) is 4.13. The van der Waals surface area contributed by atoms with Crippen molar-refractivity contribution in [2.24, 2.45) is 23.7 Å². The average Bonchev–Trinajstić information content (AvgIpc) is 3.33. The van der Waals surface area contributed by atoms with Crippen molar-refractivity contribution < 1.29 is 23.9 Å². The van der Waals surface area contributed by atoms with Gasteiger partial charge in [0.05, 0.1) is 23.4 Å². The van der Waals surface area contributed by atoms with E-state index in [9.17, 15) is 19.2 Å². The number of anilines is 2. The summed E-state index contributed by atoms with van der Waals surface area (Å²) in [5, 5.41) is 0. The third-order valence-corrected chi connectivity index (χ3v) is 7.81. The largest absolute Gasteiger partial charge is 0.426 e. The van der Waals surface area contributed by atoms with E-state index >= 15 is 0 Å². The Labute approximate surface area is 205 Å². The summed E-state index contributed by atoms with van der Waals surface area (Å²) in [6.45, 7) is 6.33. The van der Waals surface area contributed by atoms with E-state index in [2.05, 4.69) is 6.92 Å². The van der Waals surface area contributed by atoms with Gasteiger partial charge in [-0.3, -0.25) is 19.2 Å². The monoisotopic (exact) mass is 474 g/mol. The molecule has 2 aromatic rings. The minimum Gasteiger partial charge on any atom is -0.426 e. The Balaban J connectivity index is 1.30. The molecular weight excluding hydrogens is 444 g/mol. The van der Waals surface area contributed by atoms with Crippen LogP contribution in [0.25, 0.3) is 0 Å². The van der Waals surface area contributed by atoms with E-state index in [1.165, 1.54) is 4.90 Å². The highest BCUT2D eigenvalue weighted by atomic mass is 16.5. The van der Waals surface area contributed by atoms with E-state index in [1.807, 2.05) is 32.0 Å². The SMILES string of the molecule is Cc1cccc(N2C[C@H](C(=O)Oc3cccc(N4C(=O)[C@H]5C[C@@H](C)CC[C@H]5C4=O)c3)CC2=O)c1C. The first kappa shape index (κ1) is 23.3. The van der Waals surface area contributed by atoms with Crippen LogP contribution in [0.15, 0.2) is 42.5 Å². The molecular formula is C28H30N2O5. The lowest BCUT2D eigenvalue weighted by Crippen LogP contribution is -2.31. The number of hydrogen-bond donors (Lipinski definition) is 0. The van der Waals surface area contributed by atoms with Gasteiger partial charge >= 0.3 is 5.97 Å². The van der Waals surface area contributed by atoms with Gasteiger partial charge in [0, 0.05) is 24.7 Å². The molecule has 3 amide bonds. The van der Waals surface area contributed by atoms with Crippen LogP contribution >= 0.6 is 0 Å². The first-order valence-electron chi connectivity index (χ1n) is 12.3. The molecule has 5 rings (SSSR count). The zero-order valence-corrected chi connectivity index (χ0v) is 20.3. The van der Waals surface area contributed by atoms with Crippen molar-refractivity contribution in [3.05, 3.63) is 53.6 Å². The molecule has 2 aromatic carbocycles. The summed E-state index contributed by atoms with van der Waals surface area (Å²) in [4.78, 5) is 54.6. The number of ether oxygens (including phenoxy) is 1. The smallest absolute Gasteiger partial charge is 0.316 e. The van der Waals surface area contributed by atoms with Crippen LogP contribution in [0.3, 0.4) is 0 Å². The van der Waals surface area contributed by atoms with Crippen LogP contribution in [0.4, 0.5) is 11.4 Å².